The first-order valence-electron chi connectivity index (χ1n) is 14.1. The summed E-state index contributed by atoms with van der Waals surface area (Å²) in [7, 11) is 1.72. The van der Waals surface area contributed by atoms with Gasteiger partial charge in [-0.15, -0.1) is 0 Å². The minimum atomic E-state index is -0.305. The van der Waals surface area contributed by atoms with Crippen molar-refractivity contribution in [3.05, 3.63) is 76.3 Å². The maximum Gasteiger partial charge on any atom is 0.129 e. The van der Waals surface area contributed by atoms with Gasteiger partial charge in [0.25, 0.3) is 0 Å². The van der Waals surface area contributed by atoms with Crippen LogP contribution in [0.25, 0.3) is 0 Å². The molecule has 3 aromatic carbocycles. The fraction of sp³-hybridized carbons (Fsp3) is 0.455. The number of hydrogen-bond donors (Lipinski definition) is 0. The average molecular weight is 512 g/mol. The van der Waals surface area contributed by atoms with Crippen LogP contribution in [0.4, 0.5) is 17.1 Å². The molecular weight excluding hydrogens is 470 g/mol. The number of rotatable bonds is 4. The van der Waals surface area contributed by atoms with Crippen LogP contribution < -0.4 is 24.2 Å². The minimum absolute atomic E-state index is 0.192. The SMILES string of the molecule is COc1ccc(N2CCN(c3c(C)c(C)c4c(c3C)C(N3CCCc5ccccc53)C(C)(C)O4)CC2)cc1. The maximum absolute atomic E-state index is 6.83. The quantitative estimate of drug-likeness (QED) is 0.393. The Hall–Kier alpha value is -3.34. The monoisotopic (exact) mass is 511 g/mol. The van der Waals surface area contributed by atoms with Gasteiger partial charge in [0.2, 0.25) is 0 Å². The molecule has 200 valence electrons. The lowest BCUT2D eigenvalue weighted by Crippen LogP contribution is -2.47. The molecular formula is C33H41N3O2. The van der Waals surface area contributed by atoms with E-state index >= 15 is 0 Å². The molecule has 0 bridgehead atoms. The van der Waals surface area contributed by atoms with Gasteiger partial charge in [-0.2, -0.15) is 0 Å². The molecule has 1 saturated heterocycles. The standard InChI is InChI=1S/C33H41N3O2/c1-22-23(2)31-29(32(33(4,5)38-31)36-17-9-11-25-10-7-8-12-28(25)36)24(3)30(22)35-20-18-34(19-21-35)26-13-15-27(37-6)16-14-26/h7-8,10,12-16,32H,9,11,17-21H2,1-6H3. The van der Waals surface area contributed by atoms with Crippen LogP contribution in [0.5, 0.6) is 11.5 Å². The lowest BCUT2D eigenvalue weighted by molar-refractivity contribution is 0.106. The molecule has 1 fully saturated rings. The fourth-order valence-electron chi connectivity index (χ4n) is 7.07. The zero-order valence-electron chi connectivity index (χ0n) is 23.8. The molecule has 1 unspecified atom stereocenters. The molecule has 1 atom stereocenters. The van der Waals surface area contributed by atoms with Crippen molar-refractivity contribution in [2.45, 2.75) is 59.1 Å². The summed E-state index contributed by atoms with van der Waals surface area (Å²) in [5.74, 6) is 2.02. The number of benzene rings is 3. The number of para-hydroxylation sites is 1. The van der Waals surface area contributed by atoms with E-state index in [2.05, 4.69) is 97.8 Å². The van der Waals surface area contributed by atoms with E-state index in [1.807, 2.05) is 0 Å². The normalized spacial score (nSPS) is 20.2. The Morgan fingerprint density at radius 3 is 2.21 bits per heavy atom. The molecule has 0 spiro atoms. The Labute approximate surface area is 228 Å². The Morgan fingerprint density at radius 1 is 0.816 bits per heavy atom. The predicted molar refractivity (Wildman–Crippen MR) is 158 cm³/mol. The minimum Gasteiger partial charge on any atom is -0.497 e. The van der Waals surface area contributed by atoms with Crippen molar-refractivity contribution in [3.63, 3.8) is 0 Å². The second-order valence-corrected chi connectivity index (χ2v) is 11.7. The van der Waals surface area contributed by atoms with Crippen molar-refractivity contribution < 1.29 is 9.47 Å². The van der Waals surface area contributed by atoms with Crippen molar-refractivity contribution in [1.82, 2.24) is 0 Å². The summed E-state index contributed by atoms with van der Waals surface area (Å²) in [6.07, 6.45) is 2.34. The molecule has 5 nitrogen and oxygen atoms in total. The van der Waals surface area contributed by atoms with Crippen LogP contribution in [0.15, 0.2) is 48.5 Å². The first-order chi connectivity index (χ1) is 18.3. The summed E-state index contributed by atoms with van der Waals surface area (Å²) < 4.78 is 12.2. The topological polar surface area (TPSA) is 28.2 Å². The first-order valence-corrected chi connectivity index (χ1v) is 14.1. The molecule has 3 heterocycles. The number of fused-ring (bicyclic) bond motifs is 2. The third kappa shape index (κ3) is 3.98. The van der Waals surface area contributed by atoms with E-state index in [4.69, 9.17) is 9.47 Å². The number of hydrogen-bond acceptors (Lipinski definition) is 5. The third-order valence-electron chi connectivity index (χ3n) is 9.05. The van der Waals surface area contributed by atoms with Crippen LogP contribution in [0.3, 0.4) is 0 Å². The second-order valence-electron chi connectivity index (χ2n) is 11.7. The van der Waals surface area contributed by atoms with E-state index < -0.39 is 0 Å². The Balaban J connectivity index is 1.35. The lowest BCUT2D eigenvalue weighted by atomic mass is 9.85. The number of ether oxygens (including phenoxy) is 2. The predicted octanol–water partition coefficient (Wildman–Crippen LogP) is 6.61. The highest BCUT2D eigenvalue weighted by molar-refractivity contribution is 5.73. The van der Waals surface area contributed by atoms with Crippen LogP contribution in [0, 0.1) is 20.8 Å². The molecule has 0 aliphatic carbocycles. The van der Waals surface area contributed by atoms with Gasteiger partial charge in [-0.05, 0) is 100 Å². The Morgan fingerprint density at radius 2 is 1.50 bits per heavy atom. The van der Waals surface area contributed by atoms with Crippen molar-refractivity contribution >= 4 is 17.1 Å². The molecule has 3 aliphatic rings. The average Bonchev–Trinajstić information content (AvgIpc) is 3.23. The third-order valence-corrected chi connectivity index (χ3v) is 9.05. The van der Waals surface area contributed by atoms with Crippen molar-refractivity contribution in [2.75, 3.05) is 54.5 Å². The van der Waals surface area contributed by atoms with Gasteiger partial charge >= 0.3 is 0 Å². The zero-order valence-corrected chi connectivity index (χ0v) is 23.8. The van der Waals surface area contributed by atoms with Gasteiger partial charge in [-0.1, -0.05) is 18.2 Å². The molecule has 0 N–H and O–H groups in total. The van der Waals surface area contributed by atoms with Crippen LogP contribution in [-0.4, -0.2) is 45.4 Å². The molecule has 0 radical (unpaired) electrons. The summed E-state index contributed by atoms with van der Waals surface area (Å²) in [4.78, 5) is 7.74. The molecule has 5 heteroatoms. The van der Waals surface area contributed by atoms with Crippen molar-refractivity contribution in [2.24, 2.45) is 0 Å². The molecule has 38 heavy (non-hydrogen) atoms. The van der Waals surface area contributed by atoms with Crippen LogP contribution in [0.2, 0.25) is 0 Å². The number of piperazine rings is 1. The summed E-state index contributed by atoms with van der Waals surface area (Å²) >= 11 is 0. The molecule has 6 rings (SSSR count). The van der Waals surface area contributed by atoms with Crippen LogP contribution in [0.1, 0.15) is 54.1 Å². The number of anilines is 3. The number of aryl methyl sites for hydroxylation is 1. The van der Waals surface area contributed by atoms with E-state index in [9.17, 15) is 0 Å². The number of nitrogens with zero attached hydrogens (tertiary/aromatic N) is 3. The summed E-state index contributed by atoms with van der Waals surface area (Å²) in [6, 6.07) is 17.6. The summed E-state index contributed by atoms with van der Waals surface area (Å²) in [5.41, 5.74) is 10.6. The molecule has 0 amide bonds. The van der Waals surface area contributed by atoms with Crippen molar-refractivity contribution in [1.29, 1.82) is 0 Å². The van der Waals surface area contributed by atoms with Gasteiger partial charge in [0, 0.05) is 55.3 Å². The highest BCUT2D eigenvalue weighted by Gasteiger charge is 2.48. The molecule has 3 aliphatic heterocycles. The van der Waals surface area contributed by atoms with Gasteiger partial charge in [0.1, 0.15) is 17.1 Å². The van der Waals surface area contributed by atoms with E-state index in [-0.39, 0.29) is 11.6 Å². The van der Waals surface area contributed by atoms with Gasteiger partial charge in [-0.25, -0.2) is 0 Å². The van der Waals surface area contributed by atoms with Gasteiger partial charge in [-0.3, -0.25) is 0 Å². The fourth-order valence-corrected chi connectivity index (χ4v) is 7.07. The van der Waals surface area contributed by atoms with Gasteiger partial charge < -0.3 is 24.2 Å². The van der Waals surface area contributed by atoms with Gasteiger partial charge in [0.05, 0.1) is 13.2 Å². The largest absolute Gasteiger partial charge is 0.497 e. The maximum atomic E-state index is 6.83. The van der Waals surface area contributed by atoms with E-state index in [1.54, 1.807) is 7.11 Å². The highest BCUT2D eigenvalue weighted by atomic mass is 16.5. The van der Waals surface area contributed by atoms with E-state index in [0.29, 0.717) is 0 Å². The summed E-state index contributed by atoms with van der Waals surface area (Å²) in [6.45, 7) is 16.5. The van der Waals surface area contributed by atoms with Crippen molar-refractivity contribution in [3.8, 4) is 11.5 Å². The molecule has 0 saturated carbocycles. The highest BCUT2D eigenvalue weighted by Crippen LogP contribution is 2.54. The smallest absolute Gasteiger partial charge is 0.129 e. The van der Waals surface area contributed by atoms with E-state index in [0.717, 1.165) is 50.6 Å². The number of methoxy groups -OCH3 is 1. The zero-order chi connectivity index (χ0) is 26.6. The van der Waals surface area contributed by atoms with E-state index in [1.165, 1.54) is 51.3 Å². The summed E-state index contributed by atoms with van der Waals surface area (Å²) in [5, 5.41) is 0. The lowest BCUT2D eigenvalue weighted by Gasteiger charge is -2.42. The van der Waals surface area contributed by atoms with Crippen LogP contribution in [-0.2, 0) is 6.42 Å². The van der Waals surface area contributed by atoms with Gasteiger partial charge in [0.15, 0.2) is 0 Å². The first kappa shape index (κ1) is 25.0. The molecule has 0 aromatic heterocycles. The Bertz CT molecular complexity index is 1340. The Kier molecular flexibility index (Phi) is 6.20. The second kappa shape index (κ2) is 9.44. The molecule has 3 aromatic rings. The van der Waals surface area contributed by atoms with Crippen LogP contribution >= 0.6 is 0 Å².